The van der Waals surface area contributed by atoms with Crippen LogP contribution < -0.4 is 4.74 Å². The molecule has 1 heterocycles. The molecule has 0 amide bonds. The number of benzene rings is 2. The van der Waals surface area contributed by atoms with Gasteiger partial charge in [-0.15, -0.1) is 0 Å². The van der Waals surface area contributed by atoms with E-state index in [0.29, 0.717) is 4.90 Å². The minimum Gasteiger partial charge on any atom is -0.497 e. The lowest BCUT2D eigenvalue weighted by atomic mass is 10.1. The fourth-order valence-corrected chi connectivity index (χ4v) is 4.09. The SMILES string of the molecule is COC(=O)[C@@H]1[C@H](c2ccc(OC)cc2)N1S(=O)c1ccc(C)cc1. The van der Waals surface area contributed by atoms with Gasteiger partial charge in [0.15, 0.2) is 0 Å². The number of hydrogen-bond donors (Lipinski definition) is 0. The van der Waals surface area contributed by atoms with Crippen LogP contribution in [0.4, 0.5) is 0 Å². The number of methoxy groups -OCH3 is 2. The van der Waals surface area contributed by atoms with E-state index in [9.17, 15) is 9.00 Å². The summed E-state index contributed by atoms with van der Waals surface area (Å²) in [7, 11) is 1.52. The molecule has 3 rings (SSSR count). The molecule has 2 unspecified atom stereocenters. The molecule has 0 saturated carbocycles. The van der Waals surface area contributed by atoms with Gasteiger partial charge in [0.2, 0.25) is 0 Å². The summed E-state index contributed by atoms with van der Waals surface area (Å²) < 4.78 is 24.5. The first kappa shape index (κ1) is 16.7. The van der Waals surface area contributed by atoms with Crippen molar-refractivity contribution in [2.45, 2.75) is 23.9 Å². The summed E-state index contributed by atoms with van der Waals surface area (Å²) in [5, 5.41) is 0. The van der Waals surface area contributed by atoms with Crippen LogP contribution in [0.15, 0.2) is 53.4 Å². The summed E-state index contributed by atoms with van der Waals surface area (Å²) in [6, 6.07) is 14.1. The Labute approximate surface area is 143 Å². The highest BCUT2D eigenvalue weighted by Crippen LogP contribution is 2.46. The highest BCUT2D eigenvalue weighted by atomic mass is 32.2. The quantitative estimate of drug-likeness (QED) is 0.617. The second-order valence-corrected chi connectivity index (χ2v) is 7.00. The van der Waals surface area contributed by atoms with Gasteiger partial charge in [-0.1, -0.05) is 29.8 Å². The van der Waals surface area contributed by atoms with Gasteiger partial charge in [-0.05, 0) is 36.8 Å². The Morgan fingerprint density at radius 2 is 1.67 bits per heavy atom. The molecule has 1 saturated heterocycles. The summed E-state index contributed by atoms with van der Waals surface area (Å²) >= 11 is 0. The first-order valence-corrected chi connectivity index (χ1v) is 8.66. The van der Waals surface area contributed by atoms with Crippen molar-refractivity contribution in [2.75, 3.05) is 14.2 Å². The van der Waals surface area contributed by atoms with Gasteiger partial charge in [0, 0.05) is 0 Å². The molecule has 126 valence electrons. The predicted octanol–water partition coefficient (Wildman–Crippen LogP) is 2.62. The third-order valence-electron chi connectivity index (χ3n) is 4.07. The van der Waals surface area contributed by atoms with E-state index in [-0.39, 0.29) is 12.0 Å². The van der Waals surface area contributed by atoms with Gasteiger partial charge < -0.3 is 9.47 Å². The van der Waals surface area contributed by atoms with E-state index in [4.69, 9.17) is 9.47 Å². The molecular formula is C18H19NO4S. The molecule has 1 aliphatic heterocycles. The van der Waals surface area contributed by atoms with E-state index in [1.807, 2.05) is 55.5 Å². The first-order valence-electron chi connectivity index (χ1n) is 7.55. The molecule has 4 atom stereocenters. The Hall–Kier alpha value is -2.18. The maximum absolute atomic E-state index is 12.9. The van der Waals surface area contributed by atoms with Crippen molar-refractivity contribution in [3.05, 3.63) is 59.7 Å². The molecule has 0 aromatic heterocycles. The fraction of sp³-hybridized carbons (Fsp3) is 0.278. The lowest BCUT2D eigenvalue weighted by Gasteiger charge is -2.05. The van der Waals surface area contributed by atoms with Crippen molar-refractivity contribution in [1.82, 2.24) is 4.31 Å². The third kappa shape index (κ3) is 3.07. The van der Waals surface area contributed by atoms with Crippen LogP contribution in [-0.2, 0) is 20.5 Å². The molecule has 2 aromatic carbocycles. The van der Waals surface area contributed by atoms with Crippen LogP contribution in [0.25, 0.3) is 0 Å². The van der Waals surface area contributed by atoms with Crippen LogP contribution >= 0.6 is 0 Å². The molecule has 1 aliphatic rings. The molecular weight excluding hydrogens is 326 g/mol. The zero-order valence-electron chi connectivity index (χ0n) is 13.8. The summed E-state index contributed by atoms with van der Waals surface area (Å²) in [5.74, 6) is 0.358. The van der Waals surface area contributed by atoms with Crippen molar-refractivity contribution in [3.8, 4) is 5.75 Å². The average Bonchev–Trinajstić information content (AvgIpc) is 3.36. The molecule has 24 heavy (non-hydrogen) atoms. The Balaban J connectivity index is 1.88. The number of aryl methyl sites for hydroxylation is 1. The molecule has 0 spiro atoms. The van der Waals surface area contributed by atoms with E-state index >= 15 is 0 Å². The smallest absolute Gasteiger partial charge is 0.326 e. The maximum atomic E-state index is 12.9. The summed E-state index contributed by atoms with van der Waals surface area (Å²) in [5.41, 5.74) is 2.00. The highest BCUT2D eigenvalue weighted by molar-refractivity contribution is 7.83. The van der Waals surface area contributed by atoms with Gasteiger partial charge in [0.1, 0.15) is 22.8 Å². The summed E-state index contributed by atoms with van der Waals surface area (Å²) in [6.45, 7) is 1.97. The minimum absolute atomic E-state index is 0.259. The van der Waals surface area contributed by atoms with Crippen molar-refractivity contribution in [3.63, 3.8) is 0 Å². The molecule has 0 bridgehead atoms. The second-order valence-electron chi connectivity index (χ2n) is 5.61. The highest BCUT2D eigenvalue weighted by Gasteiger charge is 2.58. The first-order chi connectivity index (χ1) is 11.6. The molecule has 5 nitrogen and oxygen atoms in total. The molecule has 2 aromatic rings. The van der Waals surface area contributed by atoms with Crippen molar-refractivity contribution >= 4 is 17.0 Å². The van der Waals surface area contributed by atoms with Crippen LogP contribution in [0.1, 0.15) is 17.2 Å². The van der Waals surface area contributed by atoms with Crippen LogP contribution in [0.2, 0.25) is 0 Å². The Bertz CT molecular complexity index is 758. The van der Waals surface area contributed by atoms with E-state index < -0.39 is 17.0 Å². The number of carbonyl (C=O) groups is 1. The van der Waals surface area contributed by atoms with E-state index in [0.717, 1.165) is 16.9 Å². The van der Waals surface area contributed by atoms with Gasteiger partial charge in [0.05, 0.1) is 25.2 Å². The molecule has 0 aliphatic carbocycles. The number of nitrogens with zero attached hydrogens (tertiary/aromatic N) is 1. The van der Waals surface area contributed by atoms with E-state index in [1.54, 1.807) is 11.4 Å². The topological polar surface area (TPSA) is 55.6 Å². The number of carbonyl (C=O) groups excluding carboxylic acids is 1. The number of ether oxygens (including phenoxy) is 2. The molecule has 0 radical (unpaired) electrons. The zero-order valence-corrected chi connectivity index (χ0v) is 14.6. The Kier molecular flexibility index (Phi) is 4.69. The lowest BCUT2D eigenvalue weighted by Crippen LogP contribution is -2.16. The van der Waals surface area contributed by atoms with Crippen LogP contribution in [0, 0.1) is 6.92 Å². The van der Waals surface area contributed by atoms with Crippen LogP contribution in [-0.4, -0.2) is 34.7 Å². The molecule has 6 heteroatoms. The van der Waals surface area contributed by atoms with Gasteiger partial charge >= 0.3 is 5.97 Å². The molecule has 1 fully saturated rings. The van der Waals surface area contributed by atoms with Gasteiger partial charge in [-0.25, -0.2) is 4.21 Å². The van der Waals surface area contributed by atoms with Gasteiger partial charge in [0.25, 0.3) is 0 Å². The normalized spacial score (nSPS) is 23.4. The lowest BCUT2D eigenvalue weighted by molar-refractivity contribution is -0.140. The van der Waals surface area contributed by atoms with E-state index in [1.165, 1.54) is 7.11 Å². The van der Waals surface area contributed by atoms with Gasteiger partial charge in [-0.2, -0.15) is 4.31 Å². The number of rotatable bonds is 5. The molecule has 0 N–H and O–H groups in total. The fourth-order valence-electron chi connectivity index (χ4n) is 2.68. The van der Waals surface area contributed by atoms with Gasteiger partial charge in [-0.3, -0.25) is 4.79 Å². The number of hydrogen-bond acceptors (Lipinski definition) is 4. The largest absolute Gasteiger partial charge is 0.497 e. The minimum atomic E-state index is -1.42. The standard InChI is InChI=1S/C18H19NO4S/c1-12-4-10-15(11-5-12)24(21)19-16(17(19)18(20)23-3)13-6-8-14(22-2)9-7-13/h4-11,16-17H,1-3H3/t16-,17-,19?,24?/m0/s1. The Morgan fingerprint density at radius 1 is 1.04 bits per heavy atom. The summed E-state index contributed by atoms with van der Waals surface area (Å²) in [4.78, 5) is 12.7. The van der Waals surface area contributed by atoms with Crippen molar-refractivity contribution in [2.24, 2.45) is 0 Å². The van der Waals surface area contributed by atoms with Crippen LogP contribution in [0.3, 0.4) is 0 Å². The van der Waals surface area contributed by atoms with Crippen molar-refractivity contribution < 1.29 is 18.5 Å². The third-order valence-corrected chi connectivity index (χ3v) is 5.58. The van der Waals surface area contributed by atoms with E-state index in [2.05, 4.69) is 0 Å². The predicted molar refractivity (Wildman–Crippen MR) is 91.0 cm³/mol. The second kappa shape index (κ2) is 6.75. The zero-order chi connectivity index (χ0) is 17.3. The number of esters is 1. The monoisotopic (exact) mass is 345 g/mol. The average molecular weight is 345 g/mol. The Morgan fingerprint density at radius 3 is 2.21 bits per heavy atom. The van der Waals surface area contributed by atoms with Crippen molar-refractivity contribution in [1.29, 1.82) is 0 Å². The maximum Gasteiger partial charge on any atom is 0.326 e. The van der Waals surface area contributed by atoms with Crippen LogP contribution in [0.5, 0.6) is 5.75 Å². The summed E-state index contributed by atoms with van der Waals surface area (Å²) in [6.07, 6.45) is 0.